The Hall–Kier alpha value is -11.2. The van der Waals surface area contributed by atoms with Crippen molar-refractivity contribution in [3.63, 3.8) is 0 Å². The summed E-state index contributed by atoms with van der Waals surface area (Å²) in [6.07, 6.45) is -3.47. The molecule has 36 heteroatoms. The van der Waals surface area contributed by atoms with E-state index in [1.54, 1.807) is 140 Å². The number of carboxylic acid groups (broad SMARTS) is 4. The molecule has 0 aliphatic carbocycles. The van der Waals surface area contributed by atoms with Gasteiger partial charge in [-0.3, -0.25) is 0 Å². The van der Waals surface area contributed by atoms with Gasteiger partial charge in [0.25, 0.3) is 0 Å². The first kappa shape index (κ1) is 83.9. The zero-order chi connectivity index (χ0) is 75.7. The van der Waals surface area contributed by atoms with Crippen LogP contribution in [-0.4, -0.2) is 158 Å². The van der Waals surface area contributed by atoms with Crippen LogP contribution in [0.1, 0.15) is 100 Å². The molecular formula is C63H84ClF2N11O22. The van der Waals surface area contributed by atoms with Crippen LogP contribution in [0.4, 0.5) is 56.4 Å². The molecule has 0 saturated carbocycles. The molecule has 0 bridgehead atoms. The number of benzene rings is 4. The van der Waals surface area contributed by atoms with Crippen molar-refractivity contribution in [2.75, 3.05) is 49.4 Å². The number of amides is 4. The number of rotatable bonds is 23. The second kappa shape index (κ2) is 37.4. The number of para-hydroxylation sites is 1. The van der Waals surface area contributed by atoms with E-state index in [1.807, 2.05) is 0 Å². The summed E-state index contributed by atoms with van der Waals surface area (Å²) in [5, 5.41) is 53.6. The number of hydrogen-bond acceptors (Lipinski definition) is 24. The van der Waals surface area contributed by atoms with Gasteiger partial charge in [-0.15, -0.1) is 10.2 Å². The van der Waals surface area contributed by atoms with Crippen molar-refractivity contribution in [2.24, 2.45) is 0 Å². The van der Waals surface area contributed by atoms with Crippen molar-refractivity contribution < 1.29 is 115 Å². The summed E-state index contributed by atoms with van der Waals surface area (Å²) in [7, 11) is 0. The molecule has 4 aromatic carbocycles. The lowest BCUT2D eigenvalue weighted by Gasteiger charge is -2.22. The number of aliphatic carboxylic acids is 4. The minimum atomic E-state index is -3.00. The Balaban J connectivity index is 0.000000451. The number of alkyl carbamates (subject to hydrolysis) is 4. The summed E-state index contributed by atoms with van der Waals surface area (Å²) in [4.78, 5) is 95.1. The predicted molar refractivity (Wildman–Crippen MR) is 354 cm³/mol. The lowest BCUT2D eigenvalue weighted by Crippen LogP contribution is -2.46. The molecule has 0 saturated heterocycles. The molecular weight excluding hydrogens is 1340 g/mol. The fraction of sp³-hybridized carbons (Fsp3) is 0.444. The molecule has 0 fully saturated rings. The van der Waals surface area contributed by atoms with E-state index in [0.29, 0.717) is 33.6 Å². The van der Waals surface area contributed by atoms with Crippen molar-refractivity contribution in [1.82, 2.24) is 31.5 Å². The quantitative estimate of drug-likeness (QED) is 0.0164. The van der Waals surface area contributed by atoms with E-state index in [9.17, 15) is 57.4 Å². The second-order valence-electron chi connectivity index (χ2n) is 24.7. The fourth-order valence-electron chi connectivity index (χ4n) is 7.06. The molecule has 16 N–H and O–H groups in total. The summed E-state index contributed by atoms with van der Waals surface area (Å²) in [6, 6.07) is 9.24. The molecule has 0 aliphatic rings. The molecule has 0 unspecified atom stereocenters. The van der Waals surface area contributed by atoms with E-state index in [0.717, 1.165) is 11.6 Å². The summed E-state index contributed by atoms with van der Waals surface area (Å²) in [6.45, 7) is 27.7. The zero-order valence-electron chi connectivity index (χ0n) is 56.9. The average molecular weight is 1420 g/mol. The number of nitrogens with one attached hydrogen (secondary N) is 4. The largest absolute Gasteiger partial charge is 0.489 e. The smallest absolute Gasteiger partial charge is 0.408 e. The van der Waals surface area contributed by atoms with Crippen LogP contribution in [0.15, 0.2) is 65.1 Å². The number of aryl methyl sites for hydroxylation is 3. The Bertz CT molecular complexity index is 3660. The number of carboxylic acids is 4. The number of nitrogens with zero attached hydrogens (tertiary/aromatic N) is 3. The van der Waals surface area contributed by atoms with Crippen molar-refractivity contribution in [3.05, 3.63) is 94.1 Å². The normalized spacial score (nSPS) is 12.3. The van der Waals surface area contributed by atoms with Gasteiger partial charge in [0.05, 0.1) is 34.3 Å². The second-order valence-corrected chi connectivity index (χ2v) is 25.1. The van der Waals surface area contributed by atoms with Crippen molar-refractivity contribution in [3.8, 4) is 40.2 Å². The minimum absolute atomic E-state index is 0.0282. The Morgan fingerprint density at radius 2 is 0.889 bits per heavy atom. The van der Waals surface area contributed by atoms with Crippen LogP contribution in [0.5, 0.6) is 28.7 Å². The number of hydrogen-bond donors (Lipinski definition) is 12. The Labute approximate surface area is 573 Å². The molecule has 544 valence electrons. The standard InChI is InChI=1S/C18H24N4O6.C16H21N3O5.C15H20F2N2O6.C14H19ClN2O5/c1-9-6-14(12(19)7-11(9)15-22-21-10(2)27-15)26-8-13(16(23)24)20-17(25)28-18(3,4)5;1-9-6-13(10(17)7-11(9)18-5)23-8-12(14(20)21)19-15(22)24-16(2,3)4;1-15(2,3)25-14(22)19-10(12(20)21)7-23-11-5-4-8(6-9(11)18)24-13(16)17;1-14(2,3)22-13(20)17-9(12(18)19)7-21-10-6-4-5-8(15)11(10)16/h6-7,13H,8,19H2,1-5H3,(H,20,25)(H,23,24);6-7,12H,8,17H2,1-4H3,(H,19,22)(H,20,21);4-6,10,13H,7,18H2,1-3H3,(H,19,22)(H,20,21);4-6,9H,7,16H2,1-3H3,(H,17,20)(H,18,19)/t13-;12-;10-;9-/m0000/s1. The van der Waals surface area contributed by atoms with Gasteiger partial charge in [0, 0.05) is 18.6 Å². The Morgan fingerprint density at radius 3 is 1.23 bits per heavy atom. The van der Waals surface area contributed by atoms with Gasteiger partial charge in [0.15, 0.2) is 29.9 Å². The lowest BCUT2D eigenvalue weighted by atomic mass is 10.1. The van der Waals surface area contributed by atoms with E-state index in [-0.39, 0.29) is 71.3 Å². The first-order valence-electron chi connectivity index (χ1n) is 29.3. The molecule has 5 rings (SSSR count). The van der Waals surface area contributed by atoms with Crippen LogP contribution >= 0.6 is 11.6 Å². The molecule has 1 heterocycles. The predicted octanol–water partition coefficient (Wildman–Crippen LogP) is 9.28. The molecule has 4 atom stereocenters. The topological polar surface area (TPSA) is 496 Å². The molecule has 1 aromatic heterocycles. The van der Waals surface area contributed by atoms with Crippen LogP contribution < -0.4 is 67.9 Å². The molecule has 99 heavy (non-hydrogen) atoms. The number of halogens is 3. The highest BCUT2D eigenvalue weighted by atomic mass is 35.5. The highest BCUT2D eigenvalue weighted by molar-refractivity contribution is 6.33. The number of alkyl halides is 2. The monoisotopic (exact) mass is 1420 g/mol. The lowest BCUT2D eigenvalue weighted by molar-refractivity contribution is -0.141. The fourth-order valence-corrected chi connectivity index (χ4v) is 7.22. The third-order valence-electron chi connectivity index (χ3n) is 11.4. The van der Waals surface area contributed by atoms with Gasteiger partial charge < -0.3 is 112 Å². The highest BCUT2D eigenvalue weighted by Crippen LogP contribution is 2.34. The van der Waals surface area contributed by atoms with Gasteiger partial charge in [-0.25, -0.2) is 43.2 Å². The maximum Gasteiger partial charge on any atom is 0.408 e. The number of nitrogen functional groups attached to an aromatic ring is 4. The third kappa shape index (κ3) is 32.4. The Kier molecular flexibility index (Phi) is 31.7. The molecule has 0 aliphatic heterocycles. The van der Waals surface area contributed by atoms with Gasteiger partial charge in [0.1, 0.15) is 77.6 Å². The van der Waals surface area contributed by atoms with Crippen LogP contribution in [-0.2, 0) is 38.1 Å². The third-order valence-corrected chi connectivity index (χ3v) is 11.7. The molecule has 0 spiro atoms. The van der Waals surface area contributed by atoms with E-state index in [1.165, 1.54) is 18.2 Å². The maximum absolute atomic E-state index is 12.1. The van der Waals surface area contributed by atoms with E-state index in [4.69, 9.17) is 93.6 Å². The van der Waals surface area contributed by atoms with E-state index in [2.05, 4.69) is 41.0 Å². The number of nitrogens with two attached hydrogens (primary N) is 4. The average Bonchev–Trinajstić information content (AvgIpc) is 1.80. The summed E-state index contributed by atoms with van der Waals surface area (Å²) >= 11 is 5.84. The number of carbonyl (C=O) groups is 8. The van der Waals surface area contributed by atoms with E-state index < -0.39 is 108 Å². The zero-order valence-corrected chi connectivity index (χ0v) is 57.7. The van der Waals surface area contributed by atoms with Crippen molar-refractivity contribution in [1.29, 1.82) is 0 Å². The van der Waals surface area contributed by atoms with Crippen molar-refractivity contribution in [2.45, 2.75) is 157 Å². The van der Waals surface area contributed by atoms with Crippen molar-refractivity contribution >= 4 is 88.3 Å². The number of anilines is 4. The molecule has 33 nitrogen and oxygen atoms in total. The highest BCUT2D eigenvalue weighted by Gasteiger charge is 2.30. The number of carbonyl (C=O) groups excluding carboxylic acids is 4. The Morgan fingerprint density at radius 1 is 0.525 bits per heavy atom. The molecule has 4 amide bonds. The van der Waals surface area contributed by atoms with Crippen LogP contribution in [0.3, 0.4) is 0 Å². The van der Waals surface area contributed by atoms with Gasteiger partial charge in [-0.05, 0) is 157 Å². The van der Waals surface area contributed by atoms with Crippen LogP contribution in [0.2, 0.25) is 5.02 Å². The minimum Gasteiger partial charge on any atom is -0.489 e. The summed E-state index contributed by atoms with van der Waals surface area (Å²) in [5.74, 6) is -3.74. The van der Waals surface area contributed by atoms with Gasteiger partial charge >= 0.3 is 54.9 Å². The van der Waals surface area contributed by atoms with Gasteiger partial charge in [0.2, 0.25) is 11.8 Å². The summed E-state index contributed by atoms with van der Waals surface area (Å²) in [5.41, 5.74) is 23.2. The SMILES string of the molecule is CC(C)(C)OC(=O)N[C@@H](COc1ccc(OC(F)F)cc1N)C(=O)O.CC(C)(C)OC(=O)N[C@@H](COc1cccc(Cl)c1N)C(=O)O.Cc1nnc(-c2cc(N)c(OC[C@H](NC(=O)OC(C)(C)C)C(=O)O)cc2C)o1.[C-]#[N+]c1cc(N)c(OC[C@H](NC(=O)OC(C)(C)C)C(=O)O)cc1C. The molecule has 0 radical (unpaired) electrons. The maximum atomic E-state index is 12.1. The van der Waals surface area contributed by atoms with Gasteiger partial charge in [-0.1, -0.05) is 17.7 Å². The number of aromatic nitrogens is 2. The van der Waals surface area contributed by atoms with Crippen LogP contribution in [0, 0.1) is 27.3 Å². The first-order valence-corrected chi connectivity index (χ1v) is 29.7. The first-order chi connectivity index (χ1) is 45.6. The van der Waals surface area contributed by atoms with E-state index >= 15 is 0 Å². The summed E-state index contributed by atoms with van der Waals surface area (Å²) < 4.78 is 75.3. The van der Waals surface area contributed by atoms with Gasteiger partial charge in [-0.2, -0.15) is 8.78 Å². The van der Waals surface area contributed by atoms with Crippen LogP contribution in [0.25, 0.3) is 16.3 Å². The number of ether oxygens (including phenoxy) is 9. The molecule has 5 aromatic rings.